The first-order chi connectivity index (χ1) is 9.79. The SMILES string of the molecule is O=[N+]([O-])c1ccc(S(=O)(=O)Nc2ccc(Cl)cc2)cc1F. The molecule has 0 bridgehead atoms. The summed E-state index contributed by atoms with van der Waals surface area (Å²) < 4.78 is 39.8. The van der Waals surface area contributed by atoms with E-state index in [2.05, 4.69) is 4.72 Å². The van der Waals surface area contributed by atoms with E-state index in [1.165, 1.54) is 24.3 Å². The summed E-state index contributed by atoms with van der Waals surface area (Å²) in [5.41, 5.74) is -0.557. The van der Waals surface area contributed by atoms with E-state index in [9.17, 15) is 22.9 Å². The topological polar surface area (TPSA) is 89.3 Å². The Morgan fingerprint density at radius 1 is 1.14 bits per heavy atom. The Balaban J connectivity index is 2.33. The highest BCUT2D eigenvalue weighted by atomic mass is 35.5. The Morgan fingerprint density at radius 2 is 1.76 bits per heavy atom. The smallest absolute Gasteiger partial charge is 0.280 e. The van der Waals surface area contributed by atoms with Crippen molar-refractivity contribution in [3.05, 3.63) is 63.4 Å². The lowest BCUT2D eigenvalue weighted by Crippen LogP contribution is -2.13. The summed E-state index contributed by atoms with van der Waals surface area (Å²) in [5, 5.41) is 10.9. The summed E-state index contributed by atoms with van der Waals surface area (Å²) in [5.74, 6) is -1.22. The van der Waals surface area contributed by atoms with Crippen LogP contribution in [0.3, 0.4) is 0 Å². The van der Waals surface area contributed by atoms with Gasteiger partial charge in [-0.2, -0.15) is 4.39 Å². The maximum Gasteiger partial charge on any atom is 0.304 e. The molecule has 9 heteroatoms. The third-order valence-electron chi connectivity index (χ3n) is 2.52. The van der Waals surface area contributed by atoms with Crippen molar-refractivity contribution in [2.24, 2.45) is 0 Å². The predicted octanol–water partition coefficient (Wildman–Crippen LogP) is 3.19. The molecular formula is C12H8ClFN2O4S. The number of hydrogen-bond donors (Lipinski definition) is 1. The number of nitrogens with zero attached hydrogens (tertiary/aromatic N) is 1. The summed E-state index contributed by atoms with van der Waals surface area (Å²) in [6.07, 6.45) is 0. The molecule has 1 N–H and O–H groups in total. The summed E-state index contributed by atoms with van der Waals surface area (Å²) in [4.78, 5) is 9.15. The molecule has 0 saturated carbocycles. The van der Waals surface area contributed by atoms with Gasteiger partial charge >= 0.3 is 5.69 Å². The van der Waals surface area contributed by atoms with Crippen molar-refractivity contribution in [1.29, 1.82) is 0 Å². The first kappa shape index (κ1) is 15.2. The van der Waals surface area contributed by atoms with Crippen LogP contribution in [0.4, 0.5) is 15.8 Å². The molecule has 0 atom stereocenters. The van der Waals surface area contributed by atoms with Crippen LogP contribution in [0.5, 0.6) is 0 Å². The van der Waals surface area contributed by atoms with Gasteiger partial charge in [-0.1, -0.05) is 11.6 Å². The van der Waals surface area contributed by atoms with Gasteiger partial charge < -0.3 is 0 Å². The van der Waals surface area contributed by atoms with Crippen molar-refractivity contribution in [2.45, 2.75) is 4.90 Å². The molecular weight excluding hydrogens is 323 g/mol. The molecule has 0 aliphatic carbocycles. The molecule has 0 aliphatic rings. The van der Waals surface area contributed by atoms with Gasteiger partial charge in [0.25, 0.3) is 10.0 Å². The largest absolute Gasteiger partial charge is 0.304 e. The molecule has 2 aromatic rings. The van der Waals surface area contributed by atoms with Crippen LogP contribution in [0.2, 0.25) is 5.02 Å². The molecule has 0 fully saturated rings. The van der Waals surface area contributed by atoms with Gasteiger partial charge in [-0.25, -0.2) is 8.42 Å². The highest BCUT2D eigenvalue weighted by Gasteiger charge is 2.20. The molecule has 0 aromatic heterocycles. The van der Waals surface area contributed by atoms with E-state index >= 15 is 0 Å². The second kappa shape index (κ2) is 5.66. The lowest BCUT2D eigenvalue weighted by Gasteiger charge is -2.08. The predicted molar refractivity (Wildman–Crippen MR) is 75.3 cm³/mol. The number of nitro groups is 1. The lowest BCUT2D eigenvalue weighted by atomic mass is 10.3. The van der Waals surface area contributed by atoms with Gasteiger partial charge in [-0.3, -0.25) is 14.8 Å². The van der Waals surface area contributed by atoms with Gasteiger partial charge in [0.2, 0.25) is 5.82 Å². The normalized spacial score (nSPS) is 11.1. The molecule has 2 aromatic carbocycles. The first-order valence-electron chi connectivity index (χ1n) is 5.52. The maximum absolute atomic E-state index is 13.5. The van der Waals surface area contributed by atoms with Gasteiger partial charge in [0.15, 0.2) is 0 Å². The van der Waals surface area contributed by atoms with E-state index in [0.29, 0.717) is 11.1 Å². The van der Waals surface area contributed by atoms with Gasteiger partial charge in [0, 0.05) is 22.8 Å². The first-order valence-corrected chi connectivity index (χ1v) is 7.38. The average Bonchev–Trinajstić information content (AvgIpc) is 2.40. The van der Waals surface area contributed by atoms with Gasteiger partial charge in [0.1, 0.15) is 0 Å². The molecule has 21 heavy (non-hydrogen) atoms. The van der Waals surface area contributed by atoms with E-state index < -0.39 is 31.3 Å². The summed E-state index contributed by atoms with van der Waals surface area (Å²) in [6.45, 7) is 0. The second-order valence-electron chi connectivity index (χ2n) is 3.98. The Bertz CT molecular complexity index is 793. The van der Waals surface area contributed by atoms with Crippen LogP contribution in [0.25, 0.3) is 0 Å². The number of nitrogens with one attached hydrogen (secondary N) is 1. The van der Waals surface area contributed by atoms with Crippen molar-refractivity contribution in [3.63, 3.8) is 0 Å². The lowest BCUT2D eigenvalue weighted by molar-refractivity contribution is -0.387. The minimum absolute atomic E-state index is 0.234. The molecule has 6 nitrogen and oxygen atoms in total. The van der Waals surface area contributed by atoms with Gasteiger partial charge in [0.05, 0.1) is 9.82 Å². The molecule has 0 aliphatic heterocycles. The standard InChI is InChI=1S/C12H8ClFN2O4S/c13-8-1-3-9(4-2-8)15-21(19,20)10-5-6-12(16(17)18)11(14)7-10/h1-7,15H. The van der Waals surface area contributed by atoms with E-state index in [1.54, 1.807) is 0 Å². The Morgan fingerprint density at radius 3 is 2.29 bits per heavy atom. The highest BCUT2D eigenvalue weighted by molar-refractivity contribution is 7.92. The van der Waals surface area contributed by atoms with Crippen LogP contribution in [0, 0.1) is 15.9 Å². The zero-order valence-corrected chi connectivity index (χ0v) is 11.9. The number of halogens is 2. The average molecular weight is 331 g/mol. The number of hydrogen-bond acceptors (Lipinski definition) is 4. The summed E-state index contributed by atoms with van der Waals surface area (Å²) in [7, 11) is -4.05. The Kier molecular flexibility index (Phi) is 4.10. The summed E-state index contributed by atoms with van der Waals surface area (Å²) in [6, 6.07) is 8.18. The minimum atomic E-state index is -4.05. The zero-order chi connectivity index (χ0) is 15.6. The fourth-order valence-electron chi connectivity index (χ4n) is 1.53. The number of anilines is 1. The number of sulfonamides is 1. The minimum Gasteiger partial charge on any atom is -0.280 e. The zero-order valence-electron chi connectivity index (χ0n) is 10.3. The molecule has 0 heterocycles. The molecule has 0 unspecified atom stereocenters. The highest BCUT2D eigenvalue weighted by Crippen LogP contribution is 2.23. The Hall–Kier alpha value is -2.19. The van der Waals surface area contributed by atoms with Crippen molar-refractivity contribution >= 4 is 33.0 Å². The third-order valence-corrected chi connectivity index (χ3v) is 4.15. The molecule has 0 radical (unpaired) electrons. The molecule has 0 spiro atoms. The van der Waals surface area contributed by atoms with Crippen LogP contribution < -0.4 is 4.72 Å². The van der Waals surface area contributed by atoms with Crippen molar-refractivity contribution < 1.29 is 17.7 Å². The molecule has 0 saturated heterocycles. The quantitative estimate of drug-likeness (QED) is 0.688. The van der Waals surface area contributed by atoms with Crippen molar-refractivity contribution in [1.82, 2.24) is 0 Å². The number of nitro benzene ring substituents is 1. The third kappa shape index (κ3) is 3.47. The fourth-order valence-corrected chi connectivity index (χ4v) is 2.73. The van der Waals surface area contributed by atoms with E-state index in [0.717, 1.165) is 12.1 Å². The van der Waals surface area contributed by atoms with Crippen LogP contribution in [-0.2, 0) is 10.0 Å². The van der Waals surface area contributed by atoms with E-state index in [-0.39, 0.29) is 5.69 Å². The summed E-state index contributed by atoms with van der Waals surface area (Å²) >= 11 is 5.68. The fraction of sp³-hybridized carbons (Fsp3) is 0. The van der Waals surface area contributed by atoms with Crippen LogP contribution >= 0.6 is 11.6 Å². The Labute approximate surface area is 124 Å². The van der Waals surface area contributed by atoms with Crippen LogP contribution in [0.15, 0.2) is 47.4 Å². The maximum atomic E-state index is 13.5. The van der Waals surface area contributed by atoms with Gasteiger partial charge in [-0.05, 0) is 30.3 Å². The molecule has 2 rings (SSSR count). The van der Waals surface area contributed by atoms with Crippen LogP contribution in [0.1, 0.15) is 0 Å². The molecule has 0 amide bonds. The van der Waals surface area contributed by atoms with Crippen molar-refractivity contribution in [3.8, 4) is 0 Å². The number of benzene rings is 2. The monoisotopic (exact) mass is 330 g/mol. The van der Waals surface area contributed by atoms with E-state index in [1.807, 2.05) is 0 Å². The van der Waals surface area contributed by atoms with E-state index in [4.69, 9.17) is 11.6 Å². The van der Waals surface area contributed by atoms with Gasteiger partial charge in [-0.15, -0.1) is 0 Å². The van der Waals surface area contributed by atoms with Crippen molar-refractivity contribution in [2.75, 3.05) is 4.72 Å². The second-order valence-corrected chi connectivity index (χ2v) is 6.10. The molecule has 110 valence electrons. The van der Waals surface area contributed by atoms with Crippen LogP contribution in [-0.4, -0.2) is 13.3 Å². The number of rotatable bonds is 4.